The molecule has 0 heterocycles. The Balaban J connectivity index is 1.72. The van der Waals surface area contributed by atoms with Crippen molar-refractivity contribution in [3.8, 4) is 0 Å². The quantitative estimate of drug-likeness (QED) is 0.644. The van der Waals surface area contributed by atoms with Gasteiger partial charge in [0.15, 0.2) is 0 Å². The maximum atomic E-state index is 10.9. The second kappa shape index (κ2) is 4.61. The topological polar surface area (TPSA) is 60.7 Å². The average Bonchev–Trinajstić information content (AvgIpc) is 2.77. The Morgan fingerprint density at radius 2 is 1.86 bits per heavy atom. The molecule has 0 aromatic heterocycles. The fraction of sp³-hybridized carbons (Fsp3) is 0.789. The van der Waals surface area contributed by atoms with E-state index in [0.29, 0.717) is 17.6 Å². The van der Waals surface area contributed by atoms with E-state index in [0.717, 1.165) is 32.1 Å². The Hall–Kier alpha value is -0.800. The smallest absolute Gasteiger partial charge is 0.111 e. The van der Waals surface area contributed by atoms with Gasteiger partial charge in [0.2, 0.25) is 0 Å². The molecule has 3 N–H and O–H groups in total. The summed E-state index contributed by atoms with van der Waals surface area (Å²) < 4.78 is 0. The molecule has 0 saturated heterocycles. The highest BCUT2D eigenvalue weighted by Crippen LogP contribution is 2.64. The first-order chi connectivity index (χ1) is 10.4. The van der Waals surface area contributed by atoms with Crippen molar-refractivity contribution in [2.45, 2.75) is 58.2 Å². The molecule has 3 nitrogen and oxygen atoms in total. The highest BCUT2D eigenvalue weighted by Gasteiger charge is 2.61. The van der Waals surface area contributed by atoms with Gasteiger partial charge < -0.3 is 15.3 Å². The Morgan fingerprint density at radius 3 is 2.64 bits per heavy atom. The van der Waals surface area contributed by atoms with Gasteiger partial charge in [-0.1, -0.05) is 19.9 Å². The van der Waals surface area contributed by atoms with Crippen molar-refractivity contribution in [2.24, 2.45) is 34.5 Å². The molecule has 4 aliphatic rings. The number of aliphatic hydroxyl groups excluding tert-OH is 3. The molecule has 3 fully saturated rings. The van der Waals surface area contributed by atoms with Gasteiger partial charge in [-0.3, -0.25) is 0 Å². The van der Waals surface area contributed by atoms with Gasteiger partial charge in [-0.05, 0) is 78.8 Å². The number of fused-ring (bicyclic) bond motifs is 5. The molecule has 4 rings (SSSR count). The summed E-state index contributed by atoms with van der Waals surface area (Å²) in [5.41, 5.74) is 0.0205. The molecule has 0 amide bonds. The van der Waals surface area contributed by atoms with E-state index in [9.17, 15) is 15.3 Å². The van der Waals surface area contributed by atoms with Crippen LogP contribution in [0, 0.1) is 34.5 Å². The van der Waals surface area contributed by atoms with Gasteiger partial charge in [-0.25, -0.2) is 0 Å². The summed E-state index contributed by atoms with van der Waals surface area (Å²) in [4.78, 5) is 0. The molecule has 0 spiro atoms. The first-order valence-electron chi connectivity index (χ1n) is 8.82. The van der Waals surface area contributed by atoms with E-state index in [-0.39, 0.29) is 34.9 Å². The minimum absolute atomic E-state index is 0.0122. The van der Waals surface area contributed by atoms with Gasteiger partial charge in [0.25, 0.3) is 0 Å². The summed E-state index contributed by atoms with van der Waals surface area (Å²) in [5, 5.41) is 31.2. The predicted molar refractivity (Wildman–Crippen MR) is 85.1 cm³/mol. The molecule has 22 heavy (non-hydrogen) atoms. The summed E-state index contributed by atoms with van der Waals surface area (Å²) in [7, 11) is 0. The zero-order chi connectivity index (χ0) is 15.7. The highest BCUT2D eigenvalue weighted by atomic mass is 16.3. The van der Waals surface area contributed by atoms with Crippen LogP contribution < -0.4 is 0 Å². The van der Waals surface area contributed by atoms with Crippen LogP contribution in [0.2, 0.25) is 0 Å². The van der Waals surface area contributed by atoms with Gasteiger partial charge in [0.1, 0.15) is 5.76 Å². The lowest BCUT2D eigenvalue weighted by atomic mass is 9.46. The number of hydrogen-bond donors (Lipinski definition) is 3. The van der Waals surface area contributed by atoms with Gasteiger partial charge in [-0.2, -0.15) is 0 Å². The largest absolute Gasteiger partial charge is 0.508 e. The Morgan fingerprint density at radius 1 is 1.09 bits per heavy atom. The lowest BCUT2D eigenvalue weighted by Crippen LogP contribution is -2.57. The lowest BCUT2D eigenvalue weighted by Gasteiger charge is -2.59. The van der Waals surface area contributed by atoms with Crippen molar-refractivity contribution in [2.75, 3.05) is 0 Å². The van der Waals surface area contributed by atoms with Crippen molar-refractivity contribution in [1.29, 1.82) is 0 Å². The Kier molecular flexibility index (Phi) is 3.09. The molecular formula is C19H28O3. The van der Waals surface area contributed by atoms with Crippen molar-refractivity contribution in [3.63, 3.8) is 0 Å². The van der Waals surface area contributed by atoms with E-state index < -0.39 is 0 Å². The van der Waals surface area contributed by atoms with Crippen LogP contribution in [0.5, 0.6) is 0 Å². The van der Waals surface area contributed by atoms with Crippen molar-refractivity contribution >= 4 is 0 Å². The van der Waals surface area contributed by atoms with Gasteiger partial charge in [-0.15, -0.1) is 0 Å². The van der Waals surface area contributed by atoms with Gasteiger partial charge in [0, 0.05) is 0 Å². The third-order valence-electron chi connectivity index (χ3n) is 7.81. The summed E-state index contributed by atoms with van der Waals surface area (Å²) in [6, 6.07) is 0. The van der Waals surface area contributed by atoms with E-state index >= 15 is 0 Å². The maximum absolute atomic E-state index is 10.9. The van der Waals surface area contributed by atoms with Crippen LogP contribution in [0.25, 0.3) is 0 Å². The SMILES string of the molecule is C[C@]12C=CC(O)=C[C@@H]1C[C@H](O)[C@@H]1[C@@H]2CC[C@]2(C)[C@@H](O)CC[C@@H]12. The molecule has 0 unspecified atom stereocenters. The van der Waals surface area contributed by atoms with E-state index in [2.05, 4.69) is 19.9 Å². The summed E-state index contributed by atoms with van der Waals surface area (Å²) in [5.74, 6) is 1.73. The van der Waals surface area contributed by atoms with E-state index in [1.165, 1.54) is 0 Å². The fourth-order valence-electron chi connectivity index (χ4n) is 6.40. The number of hydrogen-bond acceptors (Lipinski definition) is 3. The first kappa shape index (κ1) is 14.8. The minimum atomic E-state index is -0.312. The molecule has 0 radical (unpaired) electrons. The van der Waals surface area contributed by atoms with Gasteiger partial charge in [0.05, 0.1) is 12.2 Å². The highest BCUT2D eigenvalue weighted by molar-refractivity contribution is 5.27. The molecule has 0 aromatic carbocycles. The number of allylic oxidation sites excluding steroid dienone is 3. The van der Waals surface area contributed by atoms with Gasteiger partial charge >= 0.3 is 0 Å². The average molecular weight is 304 g/mol. The van der Waals surface area contributed by atoms with Crippen LogP contribution in [0.1, 0.15) is 46.0 Å². The monoisotopic (exact) mass is 304 g/mol. The standard InChI is InChI=1S/C19H28O3/c1-18-7-5-12(20)9-11(18)10-15(21)17-13-3-4-16(22)19(13,2)8-6-14(17)18/h5,7,9,11,13-17,20-22H,3-4,6,8,10H2,1-2H3/t11-,13+,14+,15+,16+,17+,18+,19+/m1/s1. The van der Waals surface area contributed by atoms with Crippen LogP contribution >= 0.6 is 0 Å². The summed E-state index contributed by atoms with van der Waals surface area (Å²) >= 11 is 0. The van der Waals surface area contributed by atoms with E-state index in [1.54, 1.807) is 0 Å². The third kappa shape index (κ3) is 1.75. The molecule has 0 bridgehead atoms. The molecule has 0 aliphatic heterocycles. The molecule has 3 saturated carbocycles. The predicted octanol–water partition coefficient (Wildman–Crippen LogP) is 3.19. The number of aliphatic hydroxyl groups is 3. The van der Waals surface area contributed by atoms with E-state index in [4.69, 9.17) is 0 Å². The summed E-state index contributed by atoms with van der Waals surface area (Å²) in [6.07, 6.45) is 10.2. The Bertz CT molecular complexity index is 539. The molecule has 3 heteroatoms. The molecule has 4 aliphatic carbocycles. The third-order valence-corrected chi connectivity index (χ3v) is 7.81. The lowest BCUT2D eigenvalue weighted by molar-refractivity contribution is -0.137. The van der Waals surface area contributed by atoms with Crippen LogP contribution in [0.4, 0.5) is 0 Å². The van der Waals surface area contributed by atoms with Crippen LogP contribution in [0.15, 0.2) is 24.0 Å². The summed E-state index contributed by atoms with van der Waals surface area (Å²) in [6.45, 7) is 4.53. The fourth-order valence-corrected chi connectivity index (χ4v) is 6.40. The van der Waals surface area contributed by atoms with Crippen LogP contribution in [0.3, 0.4) is 0 Å². The first-order valence-corrected chi connectivity index (χ1v) is 8.82. The van der Waals surface area contributed by atoms with Crippen LogP contribution in [-0.2, 0) is 0 Å². The number of rotatable bonds is 0. The van der Waals surface area contributed by atoms with Crippen molar-refractivity contribution < 1.29 is 15.3 Å². The normalized spacial score (nSPS) is 56.8. The van der Waals surface area contributed by atoms with E-state index in [1.807, 2.05) is 12.2 Å². The Labute approximate surface area is 132 Å². The maximum Gasteiger partial charge on any atom is 0.111 e. The molecular weight excluding hydrogens is 276 g/mol. The van der Waals surface area contributed by atoms with Crippen molar-refractivity contribution in [1.82, 2.24) is 0 Å². The van der Waals surface area contributed by atoms with Crippen molar-refractivity contribution in [3.05, 3.63) is 24.0 Å². The molecule has 8 atom stereocenters. The molecule has 0 aromatic rings. The zero-order valence-corrected chi connectivity index (χ0v) is 13.6. The minimum Gasteiger partial charge on any atom is -0.508 e. The second-order valence-electron chi connectivity index (χ2n) is 8.63. The second-order valence-corrected chi connectivity index (χ2v) is 8.63. The molecule has 122 valence electrons. The zero-order valence-electron chi connectivity index (χ0n) is 13.6. The van der Waals surface area contributed by atoms with Crippen LogP contribution in [-0.4, -0.2) is 27.5 Å².